The van der Waals surface area contributed by atoms with Crippen LogP contribution in [0, 0.1) is 11.7 Å². The molecule has 2 amide bonds. The predicted octanol–water partition coefficient (Wildman–Crippen LogP) is 3.30. The number of ether oxygens (including phenoxy) is 1. The van der Waals surface area contributed by atoms with E-state index in [9.17, 15) is 14.0 Å². The van der Waals surface area contributed by atoms with Gasteiger partial charge in [0.2, 0.25) is 5.91 Å². The molecule has 6 heteroatoms. The number of anilines is 2. The average Bonchev–Trinajstić information content (AvgIpc) is 2.50. The molecule has 1 aromatic carbocycles. The van der Waals surface area contributed by atoms with Crippen molar-refractivity contribution >= 4 is 23.4 Å². The minimum absolute atomic E-state index is 0.000415. The van der Waals surface area contributed by atoms with E-state index in [0.717, 1.165) is 12.8 Å². The molecule has 2 N–H and O–H groups in total. The molecule has 0 heterocycles. The number of methoxy groups -OCH3 is 1. The highest BCUT2D eigenvalue weighted by molar-refractivity contribution is 5.93. The number of nitrogens with one attached hydrogen (secondary N) is 2. The van der Waals surface area contributed by atoms with Crippen LogP contribution >= 0.6 is 0 Å². The first-order chi connectivity index (χ1) is 10.1. The zero-order valence-corrected chi connectivity index (χ0v) is 11.7. The second-order valence-electron chi connectivity index (χ2n) is 4.78. The summed E-state index contributed by atoms with van der Waals surface area (Å²) in [7, 11) is 1.19. The summed E-state index contributed by atoms with van der Waals surface area (Å²) in [6.45, 7) is 0. The van der Waals surface area contributed by atoms with E-state index in [-0.39, 0.29) is 17.5 Å². The monoisotopic (exact) mass is 292 g/mol. The molecule has 0 saturated carbocycles. The summed E-state index contributed by atoms with van der Waals surface area (Å²) in [5, 5.41) is 4.94. The summed E-state index contributed by atoms with van der Waals surface area (Å²) in [4.78, 5) is 23.1. The van der Waals surface area contributed by atoms with Gasteiger partial charge in [-0.15, -0.1) is 0 Å². The first-order valence-electron chi connectivity index (χ1n) is 6.70. The standard InChI is InChI=1S/C15H17FN2O3/c1-21-15(20)18-13-8-7-11(9-12(13)16)17-14(19)10-5-3-2-4-6-10/h2-3,7-10H,4-6H2,1H3,(H,17,19)(H,18,20). The molecule has 0 fully saturated rings. The van der Waals surface area contributed by atoms with Crippen LogP contribution in [-0.4, -0.2) is 19.1 Å². The Labute approximate surface area is 122 Å². The Kier molecular flexibility index (Phi) is 4.92. The summed E-state index contributed by atoms with van der Waals surface area (Å²) in [5.74, 6) is -0.833. The van der Waals surface area contributed by atoms with Crippen LogP contribution < -0.4 is 10.6 Å². The van der Waals surface area contributed by atoms with Gasteiger partial charge in [0, 0.05) is 11.6 Å². The zero-order chi connectivity index (χ0) is 15.2. The lowest BCUT2D eigenvalue weighted by atomic mass is 9.93. The van der Waals surface area contributed by atoms with Gasteiger partial charge in [-0.05, 0) is 37.5 Å². The number of hydrogen-bond donors (Lipinski definition) is 2. The van der Waals surface area contributed by atoms with E-state index >= 15 is 0 Å². The SMILES string of the molecule is COC(=O)Nc1ccc(NC(=O)C2CC=CCC2)cc1F. The largest absolute Gasteiger partial charge is 0.453 e. The quantitative estimate of drug-likeness (QED) is 0.840. The normalized spacial score (nSPS) is 17.1. The number of halogens is 1. The van der Waals surface area contributed by atoms with E-state index in [1.807, 2.05) is 6.08 Å². The van der Waals surface area contributed by atoms with Gasteiger partial charge in [-0.3, -0.25) is 10.1 Å². The minimum Gasteiger partial charge on any atom is -0.453 e. The molecule has 0 radical (unpaired) electrons. The molecule has 0 spiro atoms. The number of benzene rings is 1. The first kappa shape index (κ1) is 15.0. The highest BCUT2D eigenvalue weighted by atomic mass is 19.1. The van der Waals surface area contributed by atoms with Crippen molar-refractivity contribution in [3.05, 3.63) is 36.2 Å². The van der Waals surface area contributed by atoms with E-state index in [2.05, 4.69) is 21.4 Å². The van der Waals surface area contributed by atoms with Crippen molar-refractivity contribution in [1.82, 2.24) is 0 Å². The molecule has 2 rings (SSSR count). The molecule has 1 aromatic rings. The highest BCUT2D eigenvalue weighted by Gasteiger charge is 2.19. The molecule has 0 aliphatic heterocycles. The molecular formula is C15H17FN2O3. The molecule has 1 unspecified atom stereocenters. The minimum atomic E-state index is -0.750. The smallest absolute Gasteiger partial charge is 0.411 e. The third-order valence-electron chi connectivity index (χ3n) is 3.30. The van der Waals surface area contributed by atoms with E-state index in [1.54, 1.807) is 0 Å². The van der Waals surface area contributed by atoms with Gasteiger partial charge in [0.05, 0.1) is 12.8 Å². The fraction of sp³-hybridized carbons (Fsp3) is 0.333. The molecular weight excluding hydrogens is 275 g/mol. The molecule has 112 valence electrons. The third kappa shape index (κ3) is 4.05. The lowest BCUT2D eigenvalue weighted by Crippen LogP contribution is -2.23. The first-order valence-corrected chi connectivity index (χ1v) is 6.70. The van der Waals surface area contributed by atoms with Crippen molar-refractivity contribution < 1.29 is 18.7 Å². The predicted molar refractivity (Wildman–Crippen MR) is 77.5 cm³/mol. The Morgan fingerprint density at radius 3 is 2.71 bits per heavy atom. The van der Waals surface area contributed by atoms with Crippen molar-refractivity contribution in [3.8, 4) is 0 Å². The van der Waals surface area contributed by atoms with Crippen LogP contribution in [0.2, 0.25) is 0 Å². The summed E-state index contributed by atoms with van der Waals surface area (Å²) in [5.41, 5.74) is 0.364. The Balaban J connectivity index is 2.01. The number of amides is 2. The van der Waals surface area contributed by atoms with Gasteiger partial charge in [0.25, 0.3) is 0 Å². The topological polar surface area (TPSA) is 67.4 Å². The third-order valence-corrected chi connectivity index (χ3v) is 3.30. The van der Waals surface area contributed by atoms with Crippen molar-refractivity contribution in [1.29, 1.82) is 0 Å². The number of hydrogen-bond acceptors (Lipinski definition) is 3. The van der Waals surface area contributed by atoms with Crippen molar-refractivity contribution in [2.45, 2.75) is 19.3 Å². The van der Waals surface area contributed by atoms with Gasteiger partial charge in [-0.1, -0.05) is 12.2 Å². The van der Waals surface area contributed by atoms with Gasteiger partial charge in [0.15, 0.2) is 0 Å². The summed E-state index contributed by atoms with van der Waals surface area (Å²) >= 11 is 0. The van der Waals surface area contributed by atoms with E-state index in [4.69, 9.17) is 0 Å². The number of carbonyl (C=O) groups is 2. The van der Waals surface area contributed by atoms with E-state index < -0.39 is 11.9 Å². The molecule has 21 heavy (non-hydrogen) atoms. The van der Waals surface area contributed by atoms with E-state index in [1.165, 1.54) is 25.3 Å². The van der Waals surface area contributed by atoms with Crippen LogP contribution in [0.1, 0.15) is 19.3 Å². The van der Waals surface area contributed by atoms with Crippen LogP contribution in [0.15, 0.2) is 30.4 Å². The van der Waals surface area contributed by atoms with Crippen molar-refractivity contribution in [2.75, 3.05) is 17.7 Å². The summed E-state index contributed by atoms with van der Waals surface area (Å²) in [6, 6.07) is 4.08. The van der Waals surface area contributed by atoms with Gasteiger partial charge < -0.3 is 10.1 Å². The van der Waals surface area contributed by atoms with E-state index in [0.29, 0.717) is 12.1 Å². The molecule has 0 saturated heterocycles. The fourth-order valence-electron chi connectivity index (χ4n) is 2.13. The summed E-state index contributed by atoms with van der Waals surface area (Å²) in [6.07, 6.45) is 5.67. The van der Waals surface area contributed by atoms with Crippen LogP contribution in [0.4, 0.5) is 20.6 Å². The van der Waals surface area contributed by atoms with Gasteiger partial charge in [-0.2, -0.15) is 0 Å². The van der Waals surface area contributed by atoms with Crippen LogP contribution in [0.5, 0.6) is 0 Å². The number of allylic oxidation sites excluding steroid dienone is 2. The molecule has 1 atom stereocenters. The Hall–Kier alpha value is -2.37. The van der Waals surface area contributed by atoms with Gasteiger partial charge >= 0.3 is 6.09 Å². The molecule has 5 nitrogen and oxygen atoms in total. The average molecular weight is 292 g/mol. The van der Waals surface area contributed by atoms with Gasteiger partial charge in [-0.25, -0.2) is 9.18 Å². The van der Waals surface area contributed by atoms with Crippen molar-refractivity contribution in [3.63, 3.8) is 0 Å². The van der Waals surface area contributed by atoms with Crippen LogP contribution in [0.3, 0.4) is 0 Å². The number of rotatable bonds is 3. The Morgan fingerprint density at radius 1 is 1.29 bits per heavy atom. The second-order valence-corrected chi connectivity index (χ2v) is 4.78. The molecule has 0 aromatic heterocycles. The van der Waals surface area contributed by atoms with Crippen LogP contribution in [-0.2, 0) is 9.53 Å². The van der Waals surface area contributed by atoms with Gasteiger partial charge in [0.1, 0.15) is 5.82 Å². The lowest BCUT2D eigenvalue weighted by Gasteiger charge is -2.17. The fourth-order valence-corrected chi connectivity index (χ4v) is 2.13. The molecule has 1 aliphatic rings. The molecule has 0 bridgehead atoms. The van der Waals surface area contributed by atoms with Crippen molar-refractivity contribution in [2.24, 2.45) is 5.92 Å². The van der Waals surface area contributed by atoms with Crippen LogP contribution in [0.25, 0.3) is 0 Å². The molecule has 1 aliphatic carbocycles. The zero-order valence-electron chi connectivity index (χ0n) is 11.7. The highest BCUT2D eigenvalue weighted by Crippen LogP contribution is 2.23. The maximum absolute atomic E-state index is 13.8. The second kappa shape index (κ2) is 6.88. The number of carbonyl (C=O) groups excluding carboxylic acids is 2. The maximum atomic E-state index is 13.8. The Bertz CT molecular complexity index is 572. The summed E-state index contributed by atoms with van der Waals surface area (Å²) < 4.78 is 18.2. The Morgan fingerprint density at radius 2 is 2.10 bits per heavy atom. The lowest BCUT2D eigenvalue weighted by molar-refractivity contribution is -0.120. The maximum Gasteiger partial charge on any atom is 0.411 e.